The molecule has 2 rings (SSSR count). The number of cyclic esters (lactones) is 1. The smallest absolute Gasteiger partial charge is 0.407 e. The maximum Gasteiger partial charge on any atom is 0.407 e. The van der Waals surface area contributed by atoms with Gasteiger partial charge < -0.3 is 19.2 Å². The molecule has 1 saturated heterocycles. The third-order valence-corrected chi connectivity index (χ3v) is 1.88. The first-order valence-electron chi connectivity index (χ1n) is 4.39. The third kappa shape index (κ3) is 2.26. The summed E-state index contributed by atoms with van der Waals surface area (Å²) in [5.74, 6) is 0.766. The third-order valence-electron chi connectivity index (χ3n) is 1.88. The summed E-state index contributed by atoms with van der Waals surface area (Å²) in [7, 11) is 0. The minimum absolute atomic E-state index is 0.183. The molecule has 0 spiro atoms. The van der Waals surface area contributed by atoms with Gasteiger partial charge in [-0.05, 0) is 12.1 Å². The summed E-state index contributed by atoms with van der Waals surface area (Å²) < 4.78 is 15.2. The Morgan fingerprint density at radius 3 is 3.21 bits per heavy atom. The van der Waals surface area contributed by atoms with Crippen molar-refractivity contribution in [1.82, 2.24) is 5.32 Å². The van der Waals surface area contributed by atoms with Crippen LogP contribution < -0.4 is 5.32 Å². The molecule has 0 unspecified atom stereocenters. The fourth-order valence-corrected chi connectivity index (χ4v) is 1.21. The summed E-state index contributed by atoms with van der Waals surface area (Å²) in [4.78, 5) is 10.6. The molecular weight excluding hydrogens is 186 g/mol. The van der Waals surface area contributed by atoms with Gasteiger partial charge in [0.15, 0.2) is 0 Å². The zero-order valence-electron chi connectivity index (χ0n) is 7.56. The van der Waals surface area contributed by atoms with Gasteiger partial charge in [0.25, 0.3) is 0 Å². The van der Waals surface area contributed by atoms with E-state index in [1.54, 1.807) is 12.3 Å². The SMILES string of the molecule is O=C1NC[C@@H](COCc2ccco2)O1. The van der Waals surface area contributed by atoms with Crippen molar-refractivity contribution in [2.75, 3.05) is 13.2 Å². The lowest BCUT2D eigenvalue weighted by molar-refractivity contribution is 0.0318. The van der Waals surface area contributed by atoms with Crippen LogP contribution in [-0.2, 0) is 16.1 Å². The van der Waals surface area contributed by atoms with Gasteiger partial charge in [0.2, 0.25) is 0 Å². The number of hydrogen-bond acceptors (Lipinski definition) is 4. The molecule has 5 heteroatoms. The van der Waals surface area contributed by atoms with E-state index < -0.39 is 0 Å². The molecule has 1 aliphatic heterocycles. The lowest BCUT2D eigenvalue weighted by Gasteiger charge is -2.06. The maximum absolute atomic E-state index is 10.6. The highest BCUT2D eigenvalue weighted by Gasteiger charge is 2.22. The van der Waals surface area contributed by atoms with Gasteiger partial charge in [-0.25, -0.2) is 4.79 Å². The predicted molar refractivity (Wildman–Crippen MR) is 46.6 cm³/mol. The highest BCUT2D eigenvalue weighted by atomic mass is 16.6. The van der Waals surface area contributed by atoms with Crippen LogP contribution in [0.3, 0.4) is 0 Å². The molecule has 1 aromatic rings. The van der Waals surface area contributed by atoms with Crippen LogP contribution >= 0.6 is 0 Å². The van der Waals surface area contributed by atoms with Crippen molar-refractivity contribution in [3.63, 3.8) is 0 Å². The molecule has 1 fully saturated rings. The van der Waals surface area contributed by atoms with Gasteiger partial charge in [-0.2, -0.15) is 0 Å². The standard InChI is InChI=1S/C9H11NO4/c11-9-10-4-8(14-9)6-12-5-7-2-1-3-13-7/h1-3,8H,4-6H2,(H,10,11)/t8-/m0/s1. The quantitative estimate of drug-likeness (QED) is 0.779. The van der Waals surface area contributed by atoms with Gasteiger partial charge in [0, 0.05) is 0 Å². The van der Waals surface area contributed by atoms with Crippen molar-refractivity contribution in [3.05, 3.63) is 24.2 Å². The van der Waals surface area contributed by atoms with E-state index in [0.717, 1.165) is 5.76 Å². The Labute approximate surface area is 81.0 Å². The van der Waals surface area contributed by atoms with E-state index in [1.165, 1.54) is 0 Å². The molecule has 0 aromatic carbocycles. The summed E-state index contributed by atoms with van der Waals surface area (Å²) in [6, 6.07) is 3.63. The molecule has 0 saturated carbocycles. The van der Waals surface area contributed by atoms with Crippen LogP contribution in [0.1, 0.15) is 5.76 Å². The molecule has 1 aromatic heterocycles. The van der Waals surface area contributed by atoms with Crippen molar-refractivity contribution in [1.29, 1.82) is 0 Å². The van der Waals surface area contributed by atoms with E-state index in [1.807, 2.05) is 6.07 Å². The van der Waals surface area contributed by atoms with Crippen LogP contribution in [0.4, 0.5) is 4.79 Å². The molecule has 1 atom stereocenters. The van der Waals surface area contributed by atoms with Gasteiger partial charge in [-0.15, -0.1) is 0 Å². The van der Waals surface area contributed by atoms with E-state index in [9.17, 15) is 4.79 Å². The topological polar surface area (TPSA) is 60.7 Å². The Kier molecular flexibility index (Phi) is 2.69. The van der Waals surface area contributed by atoms with E-state index in [0.29, 0.717) is 19.8 Å². The van der Waals surface area contributed by atoms with Crippen LogP contribution in [-0.4, -0.2) is 25.3 Å². The van der Waals surface area contributed by atoms with Crippen molar-refractivity contribution in [2.24, 2.45) is 0 Å². The summed E-state index contributed by atoms with van der Waals surface area (Å²) in [6.07, 6.45) is 1.03. The number of hydrogen-bond donors (Lipinski definition) is 1. The molecule has 1 amide bonds. The van der Waals surface area contributed by atoms with Crippen LogP contribution in [0.2, 0.25) is 0 Å². The number of alkyl carbamates (subject to hydrolysis) is 1. The first-order valence-corrected chi connectivity index (χ1v) is 4.39. The molecule has 76 valence electrons. The zero-order valence-corrected chi connectivity index (χ0v) is 7.56. The van der Waals surface area contributed by atoms with Crippen LogP contribution in [0.25, 0.3) is 0 Å². The fourth-order valence-electron chi connectivity index (χ4n) is 1.21. The number of amides is 1. The molecule has 0 aliphatic carbocycles. The van der Waals surface area contributed by atoms with Gasteiger partial charge >= 0.3 is 6.09 Å². The largest absolute Gasteiger partial charge is 0.467 e. The molecular formula is C9H11NO4. The molecule has 2 heterocycles. The fraction of sp³-hybridized carbons (Fsp3) is 0.444. The number of carbonyl (C=O) groups excluding carboxylic acids is 1. The first-order chi connectivity index (χ1) is 6.84. The second kappa shape index (κ2) is 4.15. The number of furan rings is 1. The molecule has 14 heavy (non-hydrogen) atoms. The second-order valence-corrected chi connectivity index (χ2v) is 3.00. The Morgan fingerprint density at radius 1 is 1.64 bits per heavy atom. The van der Waals surface area contributed by atoms with E-state index in [-0.39, 0.29) is 12.2 Å². The van der Waals surface area contributed by atoms with Crippen molar-refractivity contribution in [2.45, 2.75) is 12.7 Å². The number of ether oxygens (including phenoxy) is 2. The average Bonchev–Trinajstić information content (AvgIpc) is 2.77. The van der Waals surface area contributed by atoms with Gasteiger partial charge in [-0.1, -0.05) is 0 Å². The highest BCUT2D eigenvalue weighted by molar-refractivity contribution is 5.69. The Bertz CT molecular complexity index is 296. The summed E-state index contributed by atoms with van der Waals surface area (Å²) in [5.41, 5.74) is 0. The minimum Gasteiger partial charge on any atom is -0.467 e. The van der Waals surface area contributed by atoms with Gasteiger partial charge in [0.1, 0.15) is 18.5 Å². The van der Waals surface area contributed by atoms with E-state index in [2.05, 4.69) is 5.32 Å². The van der Waals surface area contributed by atoms with Crippen LogP contribution in [0.15, 0.2) is 22.8 Å². The summed E-state index contributed by atoms with van der Waals surface area (Å²) in [6.45, 7) is 1.30. The maximum atomic E-state index is 10.6. The Balaban J connectivity index is 1.66. The summed E-state index contributed by atoms with van der Waals surface area (Å²) >= 11 is 0. The van der Waals surface area contributed by atoms with Crippen molar-refractivity contribution in [3.8, 4) is 0 Å². The molecule has 0 bridgehead atoms. The number of rotatable bonds is 4. The number of carbonyl (C=O) groups is 1. The predicted octanol–water partition coefficient (Wildman–Crippen LogP) is 0.905. The lowest BCUT2D eigenvalue weighted by atomic mass is 10.4. The first kappa shape index (κ1) is 9.08. The van der Waals surface area contributed by atoms with Gasteiger partial charge in [0.05, 0.1) is 19.4 Å². The molecule has 5 nitrogen and oxygen atoms in total. The van der Waals surface area contributed by atoms with E-state index in [4.69, 9.17) is 13.9 Å². The van der Waals surface area contributed by atoms with Crippen molar-refractivity contribution >= 4 is 6.09 Å². The Morgan fingerprint density at radius 2 is 2.57 bits per heavy atom. The number of nitrogens with one attached hydrogen (secondary N) is 1. The van der Waals surface area contributed by atoms with Crippen LogP contribution in [0.5, 0.6) is 0 Å². The minimum atomic E-state index is -0.378. The average molecular weight is 197 g/mol. The normalized spacial score (nSPS) is 20.6. The van der Waals surface area contributed by atoms with E-state index >= 15 is 0 Å². The van der Waals surface area contributed by atoms with Crippen molar-refractivity contribution < 1.29 is 18.7 Å². The zero-order chi connectivity index (χ0) is 9.80. The molecule has 0 radical (unpaired) electrons. The lowest BCUT2D eigenvalue weighted by Crippen LogP contribution is -2.20. The highest BCUT2D eigenvalue weighted by Crippen LogP contribution is 2.05. The summed E-state index contributed by atoms with van der Waals surface area (Å²) in [5, 5.41) is 2.55. The second-order valence-electron chi connectivity index (χ2n) is 3.00. The van der Waals surface area contributed by atoms with Crippen LogP contribution in [0, 0.1) is 0 Å². The van der Waals surface area contributed by atoms with Gasteiger partial charge in [-0.3, -0.25) is 0 Å². The Hall–Kier alpha value is -1.49. The molecule has 1 N–H and O–H groups in total. The molecule has 1 aliphatic rings. The monoisotopic (exact) mass is 197 g/mol.